The van der Waals surface area contributed by atoms with Crippen molar-refractivity contribution in [3.8, 4) is 0 Å². The highest BCUT2D eigenvalue weighted by atomic mass is 32.2. The van der Waals surface area contributed by atoms with E-state index in [0.29, 0.717) is 50.2 Å². The molecule has 2 aromatic carbocycles. The zero-order valence-corrected chi connectivity index (χ0v) is 18.9. The molecule has 3 atom stereocenters. The van der Waals surface area contributed by atoms with Crippen LogP contribution in [-0.4, -0.2) is 56.3 Å². The van der Waals surface area contributed by atoms with Crippen molar-refractivity contribution in [3.63, 3.8) is 0 Å². The Bertz CT molecular complexity index is 1010. The highest BCUT2D eigenvalue weighted by Gasteiger charge is 2.32. The van der Waals surface area contributed by atoms with Crippen LogP contribution < -0.4 is 0 Å². The van der Waals surface area contributed by atoms with Crippen LogP contribution in [0, 0.1) is 11.8 Å². The van der Waals surface area contributed by atoms with Gasteiger partial charge in [0.2, 0.25) is 10.0 Å². The van der Waals surface area contributed by atoms with E-state index in [0.717, 1.165) is 12.0 Å². The molecule has 2 saturated heterocycles. The first-order chi connectivity index (χ1) is 14.8. The van der Waals surface area contributed by atoms with Gasteiger partial charge in [0.1, 0.15) is 6.10 Å². The third kappa shape index (κ3) is 4.84. The van der Waals surface area contributed by atoms with Crippen LogP contribution >= 0.6 is 0 Å². The predicted molar refractivity (Wildman–Crippen MR) is 119 cm³/mol. The molecule has 2 aliphatic heterocycles. The number of ether oxygens (including phenoxy) is 1. The molecule has 166 valence electrons. The number of amides is 1. The summed E-state index contributed by atoms with van der Waals surface area (Å²) < 4.78 is 33.9. The van der Waals surface area contributed by atoms with Crippen molar-refractivity contribution in [2.24, 2.45) is 11.8 Å². The van der Waals surface area contributed by atoms with Gasteiger partial charge in [-0.1, -0.05) is 50.2 Å². The van der Waals surface area contributed by atoms with Gasteiger partial charge in [0.25, 0.3) is 5.91 Å². The van der Waals surface area contributed by atoms with Crippen molar-refractivity contribution >= 4 is 15.9 Å². The Morgan fingerprint density at radius 2 is 1.68 bits per heavy atom. The summed E-state index contributed by atoms with van der Waals surface area (Å²) >= 11 is 0. The van der Waals surface area contributed by atoms with Crippen LogP contribution in [0.25, 0.3) is 0 Å². The summed E-state index contributed by atoms with van der Waals surface area (Å²) in [6.07, 6.45) is 0.853. The van der Waals surface area contributed by atoms with Crippen molar-refractivity contribution in [1.29, 1.82) is 0 Å². The number of hydrogen-bond donors (Lipinski definition) is 0. The van der Waals surface area contributed by atoms with Crippen molar-refractivity contribution in [1.82, 2.24) is 9.21 Å². The second-order valence-corrected chi connectivity index (χ2v) is 10.8. The minimum absolute atomic E-state index is 0.165. The smallest absolute Gasteiger partial charge is 0.254 e. The van der Waals surface area contributed by atoms with Gasteiger partial charge < -0.3 is 9.64 Å². The lowest BCUT2D eigenvalue weighted by Crippen LogP contribution is -2.43. The van der Waals surface area contributed by atoms with Crippen LogP contribution in [0.2, 0.25) is 0 Å². The maximum absolute atomic E-state index is 13.2. The minimum Gasteiger partial charge on any atom is -0.370 e. The largest absolute Gasteiger partial charge is 0.370 e. The molecule has 2 aromatic rings. The average Bonchev–Trinajstić information content (AvgIpc) is 2.79. The minimum atomic E-state index is -3.63. The lowest BCUT2D eigenvalue weighted by Gasteiger charge is -2.34. The van der Waals surface area contributed by atoms with Gasteiger partial charge in [-0.25, -0.2) is 8.42 Å². The van der Waals surface area contributed by atoms with Gasteiger partial charge in [0.05, 0.1) is 18.0 Å². The van der Waals surface area contributed by atoms with Crippen LogP contribution in [0.4, 0.5) is 0 Å². The van der Waals surface area contributed by atoms with Crippen molar-refractivity contribution in [2.45, 2.75) is 31.3 Å². The first-order valence-electron chi connectivity index (χ1n) is 10.9. The third-order valence-corrected chi connectivity index (χ3v) is 7.91. The maximum atomic E-state index is 13.2. The number of piperidine rings is 1. The second kappa shape index (κ2) is 9.10. The van der Waals surface area contributed by atoms with Crippen molar-refractivity contribution in [2.75, 3.05) is 32.8 Å². The fraction of sp³-hybridized carbons (Fsp3) is 0.458. The molecule has 3 unspecified atom stereocenters. The Hall–Kier alpha value is -2.22. The summed E-state index contributed by atoms with van der Waals surface area (Å²) in [6, 6.07) is 16.3. The molecule has 2 heterocycles. The van der Waals surface area contributed by atoms with Gasteiger partial charge in [0, 0.05) is 25.2 Å². The summed E-state index contributed by atoms with van der Waals surface area (Å²) in [6.45, 7) is 6.59. The quantitative estimate of drug-likeness (QED) is 0.726. The Morgan fingerprint density at radius 1 is 0.968 bits per heavy atom. The Labute approximate surface area is 184 Å². The van der Waals surface area contributed by atoms with Crippen molar-refractivity contribution in [3.05, 3.63) is 65.7 Å². The van der Waals surface area contributed by atoms with Gasteiger partial charge in [-0.2, -0.15) is 4.31 Å². The molecule has 0 spiro atoms. The maximum Gasteiger partial charge on any atom is 0.254 e. The summed E-state index contributed by atoms with van der Waals surface area (Å²) in [5.74, 6) is 0.486. The Morgan fingerprint density at radius 3 is 2.39 bits per heavy atom. The summed E-state index contributed by atoms with van der Waals surface area (Å²) in [5.41, 5.74) is 1.43. The normalized spacial score (nSPS) is 25.4. The summed E-state index contributed by atoms with van der Waals surface area (Å²) in [5, 5.41) is 0. The fourth-order valence-electron chi connectivity index (χ4n) is 4.63. The molecular weight excluding hydrogens is 412 g/mol. The van der Waals surface area contributed by atoms with Crippen LogP contribution in [0.1, 0.15) is 42.3 Å². The topological polar surface area (TPSA) is 66.9 Å². The number of carbonyl (C=O) groups excluding carboxylic acids is 1. The molecule has 1 amide bonds. The van der Waals surface area contributed by atoms with Gasteiger partial charge in [-0.05, 0) is 42.0 Å². The van der Waals surface area contributed by atoms with Gasteiger partial charge in [-0.15, -0.1) is 0 Å². The molecule has 0 radical (unpaired) electrons. The van der Waals surface area contributed by atoms with E-state index in [9.17, 15) is 13.2 Å². The molecule has 0 N–H and O–H groups in total. The highest BCUT2D eigenvalue weighted by molar-refractivity contribution is 7.89. The van der Waals surface area contributed by atoms with Gasteiger partial charge >= 0.3 is 0 Å². The Balaban J connectivity index is 1.53. The van der Waals surface area contributed by atoms with E-state index in [1.54, 1.807) is 27.4 Å². The lowest BCUT2D eigenvalue weighted by atomic mass is 9.94. The number of hydrogen-bond acceptors (Lipinski definition) is 4. The number of carbonyl (C=O) groups is 1. The van der Waals surface area contributed by atoms with Crippen LogP contribution in [-0.2, 0) is 14.8 Å². The number of sulfonamides is 1. The highest BCUT2D eigenvalue weighted by Crippen LogP contribution is 2.28. The summed E-state index contributed by atoms with van der Waals surface area (Å²) in [7, 11) is -3.63. The number of nitrogens with zero attached hydrogens (tertiary/aromatic N) is 2. The molecule has 4 rings (SSSR count). The van der Waals surface area contributed by atoms with E-state index in [1.165, 1.54) is 6.07 Å². The first-order valence-corrected chi connectivity index (χ1v) is 12.3. The van der Waals surface area contributed by atoms with E-state index in [-0.39, 0.29) is 16.9 Å². The van der Waals surface area contributed by atoms with Gasteiger partial charge in [-0.3, -0.25) is 4.79 Å². The van der Waals surface area contributed by atoms with Crippen molar-refractivity contribution < 1.29 is 17.9 Å². The second-order valence-electron chi connectivity index (χ2n) is 8.82. The Kier molecular flexibility index (Phi) is 6.46. The first kappa shape index (κ1) is 22.0. The molecule has 0 saturated carbocycles. The fourth-order valence-corrected chi connectivity index (χ4v) is 6.35. The van der Waals surface area contributed by atoms with Crippen LogP contribution in [0.5, 0.6) is 0 Å². The molecular formula is C24H30N2O4S. The van der Waals surface area contributed by atoms with E-state index in [1.807, 2.05) is 30.3 Å². The number of morpholine rings is 1. The molecule has 0 aromatic heterocycles. The zero-order valence-electron chi connectivity index (χ0n) is 18.1. The lowest BCUT2D eigenvalue weighted by molar-refractivity contribution is -0.0228. The number of rotatable bonds is 4. The molecule has 7 heteroatoms. The monoisotopic (exact) mass is 442 g/mol. The molecule has 2 fully saturated rings. The van der Waals surface area contributed by atoms with Crippen LogP contribution in [0.3, 0.4) is 0 Å². The SMILES string of the molecule is CC1CC(C)CN(S(=O)(=O)c2cccc(C(=O)N3CCOC(c4ccccc4)C3)c2)C1. The predicted octanol–water partition coefficient (Wildman–Crippen LogP) is 3.57. The molecule has 0 aliphatic carbocycles. The van der Waals surface area contributed by atoms with Gasteiger partial charge in [0.15, 0.2) is 0 Å². The molecule has 0 bridgehead atoms. The number of benzene rings is 2. The van der Waals surface area contributed by atoms with E-state index < -0.39 is 10.0 Å². The molecule has 2 aliphatic rings. The van der Waals surface area contributed by atoms with E-state index in [4.69, 9.17) is 4.74 Å². The molecule has 31 heavy (non-hydrogen) atoms. The molecule has 6 nitrogen and oxygen atoms in total. The standard InChI is InChI=1S/C24H30N2O4S/c1-18-13-19(2)16-26(15-18)31(28,29)22-10-6-9-21(14-22)24(27)25-11-12-30-23(17-25)20-7-4-3-5-8-20/h3-10,14,18-19,23H,11-13,15-17H2,1-2H3. The third-order valence-electron chi connectivity index (χ3n) is 6.08. The van der Waals surface area contributed by atoms with E-state index in [2.05, 4.69) is 13.8 Å². The average molecular weight is 443 g/mol. The van der Waals surface area contributed by atoms with E-state index >= 15 is 0 Å². The zero-order chi connectivity index (χ0) is 22.0. The van der Waals surface area contributed by atoms with Crippen LogP contribution in [0.15, 0.2) is 59.5 Å². The summed E-state index contributed by atoms with van der Waals surface area (Å²) in [4.78, 5) is 15.1.